The molecule has 0 aliphatic carbocycles. The summed E-state index contributed by atoms with van der Waals surface area (Å²) in [6.07, 6.45) is 1.92. The van der Waals surface area contributed by atoms with Gasteiger partial charge in [0.25, 0.3) is 0 Å². The van der Waals surface area contributed by atoms with Crippen molar-refractivity contribution in [3.05, 3.63) is 48.3 Å². The van der Waals surface area contributed by atoms with E-state index in [-0.39, 0.29) is 5.97 Å². The Labute approximate surface area is 122 Å². The fraction of sp³-hybridized carbons (Fsp3) is 0.286. The molecule has 0 radical (unpaired) electrons. The second-order valence-corrected chi connectivity index (χ2v) is 5.26. The van der Waals surface area contributed by atoms with Crippen LogP contribution in [0.3, 0.4) is 0 Å². The van der Waals surface area contributed by atoms with Crippen molar-refractivity contribution in [3.63, 3.8) is 0 Å². The number of hydrogen-bond acceptors (Lipinski definition) is 5. The maximum absolute atomic E-state index is 11.2. The standard InChI is InChI=1S/C14H17N3O2S/c1-19-14(18)13(15)10-20-9-11-7-8-17(16-11)12-5-3-2-4-6-12/h2-8,13H,9-10,15H2,1H3. The molecule has 0 spiro atoms. The Hall–Kier alpha value is -1.79. The monoisotopic (exact) mass is 291 g/mol. The van der Waals surface area contributed by atoms with Crippen LogP contribution in [-0.4, -0.2) is 34.7 Å². The lowest BCUT2D eigenvalue weighted by atomic mass is 10.3. The molecule has 2 rings (SSSR count). The molecule has 6 heteroatoms. The lowest BCUT2D eigenvalue weighted by Crippen LogP contribution is -2.33. The Morgan fingerprint density at radius 2 is 2.15 bits per heavy atom. The minimum absolute atomic E-state index is 0.382. The number of methoxy groups -OCH3 is 1. The van der Waals surface area contributed by atoms with Crippen LogP contribution in [-0.2, 0) is 15.3 Å². The van der Waals surface area contributed by atoms with Gasteiger partial charge in [0.1, 0.15) is 6.04 Å². The molecule has 0 saturated carbocycles. The largest absolute Gasteiger partial charge is 0.468 e. The highest BCUT2D eigenvalue weighted by Crippen LogP contribution is 2.13. The van der Waals surface area contributed by atoms with Gasteiger partial charge in [-0.05, 0) is 18.2 Å². The number of aromatic nitrogens is 2. The van der Waals surface area contributed by atoms with Crippen LogP contribution in [0.1, 0.15) is 5.69 Å². The molecule has 1 atom stereocenters. The van der Waals surface area contributed by atoms with Crippen molar-refractivity contribution in [2.45, 2.75) is 11.8 Å². The van der Waals surface area contributed by atoms with Gasteiger partial charge in [-0.1, -0.05) is 18.2 Å². The predicted molar refractivity (Wildman–Crippen MR) is 79.7 cm³/mol. The number of thioether (sulfide) groups is 1. The topological polar surface area (TPSA) is 70.1 Å². The maximum atomic E-state index is 11.2. The number of esters is 1. The molecule has 106 valence electrons. The average Bonchev–Trinajstić information content (AvgIpc) is 2.96. The number of carbonyl (C=O) groups is 1. The van der Waals surface area contributed by atoms with Gasteiger partial charge in [0.05, 0.1) is 18.5 Å². The first kappa shape index (κ1) is 14.6. The van der Waals surface area contributed by atoms with Crippen LogP contribution in [0.2, 0.25) is 0 Å². The third kappa shape index (κ3) is 3.85. The summed E-state index contributed by atoms with van der Waals surface area (Å²) in [5, 5.41) is 4.48. The van der Waals surface area contributed by atoms with Gasteiger partial charge in [0.15, 0.2) is 0 Å². The summed E-state index contributed by atoms with van der Waals surface area (Å²) >= 11 is 1.57. The third-order valence-electron chi connectivity index (χ3n) is 2.72. The number of nitrogens with two attached hydrogens (primary N) is 1. The van der Waals surface area contributed by atoms with Crippen LogP contribution in [0, 0.1) is 0 Å². The van der Waals surface area contributed by atoms with E-state index >= 15 is 0 Å². The Kier molecular flexibility index (Phi) is 5.20. The first-order chi connectivity index (χ1) is 9.70. The van der Waals surface area contributed by atoms with E-state index in [1.165, 1.54) is 7.11 Å². The summed E-state index contributed by atoms with van der Waals surface area (Å²) in [6.45, 7) is 0. The second-order valence-electron chi connectivity index (χ2n) is 4.23. The molecule has 1 unspecified atom stereocenters. The number of hydrogen-bond donors (Lipinski definition) is 1. The Balaban J connectivity index is 1.86. The molecule has 2 aromatic rings. The number of para-hydroxylation sites is 1. The zero-order valence-corrected chi connectivity index (χ0v) is 12.0. The van der Waals surface area contributed by atoms with Gasteiger partial charge in [-0.2, -0.15) is 16.9 Å². The lowest BCUT2D eigenvalue weighted by Gasteiger charge is -2.07. The quantitative estimate of drug-likeness (QED) is 0.819. The fourth-order valence-electron chi connectivity index (χ4n) is 1.67. The van der Waals surface area contributed by atoms with E-state index in [2.05, 4.69) is 9.84 Å². The highest BCUT2D eigenvalue weighted by molar-refractivity contribution is 7.98. The van der Waals surface area contributed by atoms with Crippen molar-refractivity contribution in [1.82, 2.24) is 9.78 Å². The van der Waals surface area contributed by atoms with Crippen molar-refractivity contribution < 1.29 is 9.53 Å². The van der Waals surface area contributed by atoms with Crippen molar-refractivity contribution >= 4 is 17.7 Å². The minimum atomic E-state index is -0.582. The van der Waals surface area contributed by atoms with Crippen LogP contribution in [0.5, 0.6) is 0 Å². The van der Waals surface area contributed by atoms with Crippen LogP contribution < -0.4 is 5.73 Å². The van der Waals surface area contributed by atoms with E-state index in [9.17, 15) is 4.79 Å². The highest BCUT2D eigenvalue weighted by atomic mass is 32.2. The van der Waals surface area contributed by atoms with E-state index in [0.29, 0.717) is 11.5 Å². The van der Waals surface area contributed by atoms with Gasteiger partial charge in [0.2, 0.25) is 0 Å². The van der Waals surface area contributed by atoms with E-state index < -0.39 is 6.04 Å². The maximum Gasteiger partial charge on any atom is 0.323 e. The van der Waals surface area contributed by atoms with Gasteiger partial charge in [-0.3, -0.25) is 4.79 Å². The summed E-state index contributed by atoms with van der Waals surface area (Å²) < 4.78 is 6.41. The summed E-state index contributed by atoms with van der Waals surface area (Å²) in [6, 6.07) is 11.3. The number of ether oxygens (including phenoxy) is 1. The molecule has 0 fully saturated rings. The number of benzene rings is 1. The molecule has 2 N–H and O–H groups in total. The number of nitrogens with zero attached hydrogens (tertiary/aromatic N) is 2. The minimum Gasteiger partial charge on any atom is -0.468 e. The normalized spacial score (nSPS) is 12.1. The Bertz CT molecular complexity index is 557. The van der Waals surface area contributed by atoms with Crippen molar-refractivity contribution in [1.29, 1.82) is 0 Å². The zero-order chi connectivity index (χ0) is 14.4. The lowest BCUT2D eigenvalue weighted by molar-refractivity contribution is -0.141. The number of carbonyl (C=O) groups excluding carboxylic acids is 1. The van der Waals surface area contributed by atoms with E-state index in [1.807, 2.05) is 47.3 Å². The van der Waals surface area contributed by atoms with Crippen molar-refractivity contribution in [2.75, 3.05) is 12.9 Å². The molecule has 5 nitrogen and oxygen atoms in total. The second kappa shape index (κ2) is 7.12. The van der Waals surface area contributed by atoms with Crippen LogP contribution >= 0.6 is 11.8 Å². The first-order valence-electron chi connectivity index (χ1n) is 6.22. The molecule has 0 aliphatic heterocycles. The summed E-state index contributed by atoms with van der Waals surface area (Å²) in [5.74, 6) is 0.849. The summed E-state index contributed by atoms with van der Waals surface area (Å²) in [5.41, 5.74) is 7.64. The molecule has 0 amide bonds. The van der Waals surface area contributed by atoms with Crippen LogP contribution in [0.15, 0.2) is 42.6 Å². The Morgan fingerprint density at radius 1 is 1.40 bits per heavy atom. The fourth-order valence-corrected chi connectivity index (χ4v) is 2.54. The SMILES string of the molecule is COC(=O)C(N)CSCc1ccn(-c2ccccc2)n1. The molecule has 1 heterocycles. The third-order valence-corrected chi connectivity index (χ3v) is 3.81. The number of rotatable bonds is 6. The Morgan fingerprint density at radius 3 is 2.85 bits per heavy atom. The summed E-state index contributed by atoms with van der Waals surface area (Å²) in [4.78, 5) is 11.2. The van der Waals surface area contributed by atoms with Gasteiger partial charge in [0, 0.05) is 17.7 Å². The van der Waals surface area contributed by atoms with Gasteiger partial charge in [-0.25, -0.2) is 4.68 Å². The molecule has 1 aromatic carbocycles. The molecule has 0 bridgehead atoms. The van der Waals surface area contributed by atoms with E-state index in [0.717, 1.165) is 11.4 Å². The van der Waals surface area contributed by atoms with Gasteiger partial charge in [-0.15, -0.1) is 0 Å². The molecular weight excluding hydrogens is 274 g/mol. The smallest absolute Gasteiger partial charge is 0.323 e. The molecular formula is C14H17N3O2S. The van der Waals surface area contributed by atoms with Crippen LogP contribution in [0.4, 0.5) is 0 Å². The van der Waals surface area contributed by atoms with Crippen molar-refractivity contribution in [2.24, 2.45) is 5.73 Å². The molecule has 0 aliphatic rings. The van der Waals surface area contributed by atoms with E-state index in [1.54, 1.807) is 11.8 Å². The molecule has 0 saturated heterocycles. The summed E-state index contributed by atoms with van der Waals surface area (Å²) in [7, 11) is 1.34. The first-order valence-corrected chi connectivity index (χ1v) is 7.37. The molecule has 20 heavy (non-hydrogen) atoms. The van der Waals surface area contributed by atoms with Crippen molar-refractivity contribution in [3.8, 4) is 5.69 Å². The predicted octanol–water partition coefficient (Wildman–Crippen LogP) is 1.61. The van der Waals surface area contributed by atoms with Gasteiger partial charge < -0.3 is 10.5 Å². The van der Waals surface area contributed by atoms with E-state index in [4.69, 9.17) is 5.73 Å². The molecule has 1 aromatic heterocycles. The van der Waals surface area contributed by atoms with Gasteiger partial charge >= 0.3 is 5.97 Å². The zero-order valence-electron chi connectivity index (χ0n) is 11.2. The average molecular weight is 291 g/mol. The highest BCUT2D eigenvalue weighted by Gasteiger charge is 2.13. The van der Waals surface area contributed by atoms with Crippen LogP contribution in [0.25, 0.3) is 5.69 Å².